The Morgan fingerprint density at radius 3 is 2.60 bits per heavy atom. The van der Waals surface area contributed by atoms with Crippen LogP contribution in [0.5, 0.6) is 0 Å². The number of anilines is 1. The summed E-state index contributed by atoms with van der Waals surface area (Å²) >= 11 is 0. The molecule has 0 saturated heterocycles. The third kappa shape index (κ3) is 2.99. The first kappa shape index (κ1) is 11.6. The molecule has 0 radical (unpaired) electrons. The van der Waals surface area contributed by atoms with Gasteiger partial charge in [0.25, 0.3) is 0 Å². The molecule has 0 atom stereocenters. The second-order valence-electron chi connectivity index (χ2n) is 4.52. The monoisotopic (exact) mass is 202 g/mol. The van der Waals surface area contributed by atoms with E-state index in [4.69, 9.17) is 5.26 Å². The van der Waals surface area contributed by atoms with E-state index in [0.717, 1.165) is 23.2 Å². The van der Waals surface area contributed by atoms with Crippen LogP contribution >= 0.6 is 0 Å². The van der Waals surface area contributed by atoms with E-state index in [1.807, 2.05) is 25.1 Å². The van der Waals surface area contributed by atoms with Crippen molar-refractivity contribution in [2.45, 2.75) is 39.7 Å². The molecule has 2 nitrogen and oxygen atoms in total. The molecule has 0 amide bonds. The molecule has 0 aliphatic carbocycles. The highest BCUT2D eigenvalue weighted by molar-refractivity contribution is 5.59. The first-order valence-corrected chi connectivity index (χ1v) is 5.27. The van der Waals surface area contributed by atoms with Crippen LogP contribution in [-0.2, 0) is 0 Å². The number of hydrogen-bond acceptors (Lipinski definition) is 2. The lowest BCUT2D eigenvalue weighted by molar-refractivity contribution is 0.547. The van der Waals surface area contributed by atoms with Gasteiger partial charge < -0.3 is 5.32 Å². The van der Waals surface area contributed by atoms with Gasteiger partial charge in [-0.1, -0.05) is 13.0 Å². The van der Waals surface area contributed by atoms with Crippen molar-refractivity contribution >= 4 is 5.69 Å². The van der Waals surface area contributed by atoms with Crippen molar-refractivity contribution in [2.24, 2.45) is 0 Å². The lowest BCUT2D eigenvalue weighted by Crippen LogP contribution is -2.30. The summed E-state index contributed by atoms with van der Waals surface area (Å²) in [7, 11) is 0. The van der Waals surface area contributed by atoms with Gasteiger partial charge in [-0.05, 0) is 44.9 Å². The molecule has 1 aromatic carbocycles. The molecule has 0 fully saturated rings. The average molecular weight is 202 g/mol. The zero-order valence-corrected chi connectivity index (χ0v) is 9.89. The van der Waals surface area contributed by atoms with Crippen molar-refractivity contribution < 1.29 is 0 Å². The predicted molar refractivity (Wildman–Crippen MR) is 63.9 cm³/mol. The van der Waals surface area contributed by atoms with E-state index in [2.05, 4.69) is 32.2 Å². The molecule has 0 aliphatic rings. The highest BCUT2D eigenvalue weighted by Crippen LogP contribution is 2.22. The van der Waals surface area contributed by atoms with Crippen molar-refractivity contribution in [1.82, 2.24) is 0 Å². The molecule has 0 spiro atoms. The van der Waals surface area contributed by atoms with Crippen LogP contribution in [0.25, 0.3) is 0 Å². The molecule has 80 valence electrons. The fourth-order valence-corrected chi connectivity index (χ4v) is 1.31. The number of aryl methyl sites for hydroxylation is 1. The second-order valence-corrected chi connectivity index (χ2v) is 4.52. The zero-order valence-electron chi connectivity index (χ0n) is 9.89. The lowest BCUT2D eigenvalue weighted by Gasteiger charge is -2.26. The van der Waals surface area contributed by atoms with Crippen LogP contribution in [0.15, 0.2) is 18.2 Å². The molecule has 0 heterocycles. The number of hydrogen-bond donors (Lipinski definition) is 1. The van der Waals surface area contributed by atoms with Gasteiger partial charge in [-0.25, -0.2) is 0 Å². The number of nitriles is 1. The Balaban J connectivity index is 3.01. The van der Waals surface area contributed by atoms with Crippen molar-refractivity contribution in [1.29, 1.82) is 5.26 Å². The molecule has 0 saturated carbocycles. The van der Waals surface area contributed by atoms with Gasteiger partial charge in [0.05, 0.1) is 11.3 Å². The van der Waals surface area contributed by atoms with Crippen LogP contribution < -0.4 is 5.32 Å². The molecule has 0 unspecified atom stereocenters. The van der Waals surface area contributed by atoms with Crippen LogP contribution in [0.2, 0.25) is 0 Å². The number of rotatable bonds is 3. The van der Waals surface area contributed by atoms with Gasteiger partial charge in [0, 0.05) is 5.54 Å². The Labute approximate surface area is 91.9 Å². The zero-order chi connectivity index (χ0) is 11.5. The standard InChI is InChI=1S/C13H18N2/c1-5-13(3,4)15-12-7-6-10(2)8-11(12)9-14/h6-8,15H,5H2,1-4H3. The lowest BCUT2D eigenvalue weighted by atomic mass is 10.00. The fraction of sp³-hybridized carbons (Fsp3) is 0.462. The van der Waals surface area contributed by atoms with E-state index in [-0.39, 0.29) is 5.54 Å². The maximum atomic E-state index is 9.02. The van der Waals surface area contributed by atoms with E-state index < -0.39 is 0 Å². The summed E-state index contributed by atoms with van der Waals surface area (Å²) in [5.74, 6) is 0. The first-order valence-electron chi connectivity index (χ1n) is 5.27. The van der Waals surface area contributed by atoms with Gasteiger partial charge in [-0.2, -0.15) is 5.26 Å². The summed E-state index contributed by atoms with van der Waals surface area (Å²) in [6.45, 7) is 8.39. The molecule has 1 N–H and O–H groups in total. The summed E-state index contributed by atoms with van der Waals surface area (Å²) in [5, 5.41) is 12.4. The van der Waals surface area contributed by atoms with E-state index >= 15 is 0 Å². The molecule has 0 aromatic heterocycles. The van der Waals surface area contributed by atoms with E-state index in [0.29, 0.717) is 0 Å². The number of benzene rings is 1. The molecular formula is C13H18N2. The SMILES string of the molecule is CCC(C)(C)Nc1ccc(C)cc1C#N. The van der Waals surface area contributed by atoms with Crippen LogP contribution in [-0.4, -0.2) is 5.54 Å². The molecular weight excluding hydrogens is 184 g/mol. The molecule has 1 rings (SSSR count). The maximum Gasteiger partial charge on any atom is 0.101 e. The highest BCUT2D eigenvalue weighted by atomic mass is 15.0. The van der Waals surface area contributed by atoms with Crippen molar-refractivity contribution in [3.05, 3.63) is 29.3 Å². The van der Waals surface area contributed by atoms with E-state index in [1.165, 1.54) is 0 Å². The smallest absolute Gasteiger partial charge is 0.101 e. The largest absolute Gasteiger partial charge is 0.379 e. The molecule has 2 heteroatoms. The minimum atomic E-state index is 0.0286. The molecule has 0 bridgehead atoms. The van der Waals surface area contributed by atoms with Crippen LogP contribution in [0.1, 0.15) is 38.3 Å². The first-order chi connectivity index (χ1) is 6.98. The third-order valence-corrected chi connectivity index (χ3v) is 2.65. The highest BCUT2D eigenvalue weighted by Gasteiger charge is 2.15. The van der Waals surface area contributed by atoms with E-state index in [9.17, 15) is 0 Å². The van der Waals surface area contributed by atoms with Gasteiger partial charge in [0.15, 0.2) is 0 Å². The average Bonchev–Trinajstić information content (AvgIpc) is 2.20. The Morgan fingerprint density at radius 1 is 1.40 bits per heavy atom. The Bertz CT molecular complexity index is 386. The normalized spacial score (nSPS) is 10.9. The van der Waals surface area contributed by atoms with Gasteiger partial charge in [-0.15, -0.1) is 0 Å². The van der Waals surface area contributed by atoms with Crippen molar-refractivity contribution in [3.8, 4) is 6.07 Å². The Kier molecular flexibility index (Phi) is 3.36. The van der Waals surface area contributed by atoms with Crippen LogP contribution in [0.3, 0.4) is 0 Å². The Morgan fingerprint density at radius 2 is 2.07 bits per heavy atom. The molecule has 0 aliphatic heterocycles. The minimum absolute atomic E-state index is 0.0286. The summed E-state index contributed by atoms with van der Waals surface area (Å²) in [5.41, 5.74) is 2.79. The molecule has 15 heavy (non-hydrogen) atoms. The number of nitrogens with one attached hydrogen (secondary N) is 1. The summed E-state index contributed by atoms with van der Waals surface area (Å²) in [6.07, 6.45) is 1.02. The maximum absolute atomic E-state index is 9.02. The van der Waals surface area contributed by atoms with E-state index in [1.54, 1.807) is 0 Å². The Hall–Kier alpha value is -1.49. The summed E-state index contributed by atoms with van der Waals surface area (Å²) in [4.78, 5) is 0. The topological polar surface area (TPSA) is 35.8 Å². The van der Waals surface area contributed by atoms with Crippen LogP contribution in [0, 0.1) is 18.3 Å². The second kappa shape index (κ2) is 4.35. The van der Waals surface area contributed by atoms with Crippen molar-refractivity contribution in [3.63, 3.8) is 0 Å². The number of nitrogens with zero attached hydrogens (tertiary/aromatic N) is 1. The van der Waals surface area contributed by atoms with Gasteiger partial charge in [0.1, 0.15) is 6.07 Å². The quantitative estimate of drug-likeness (QED) is 0.814. The van der Waals surface area contributed by atoms with Gasteiger partial charge in [0.2, 0.25) is 0 Å². The predicted octanol–water partition coefficient (Wildman–Crippen LogP) is 3.47. The third-order valence-electron chi connectivity index (χ3n) is 2.65. The summed E-state index contributed by atoms with van der Waals surface area (Å²) < 4.78 is 0. The fourth-order valence-electron chi connectivity index (χ4n) is 1.31. The minimum Gasteiger partial charge on any atom is -0.379 e. The van der Waals surface area contributed by atoms with Crippen LogP contribution in [0.4, 0.5) is 5.69 Å². The summed E-state index contributed by atoms with van der Waals surface area (Å²) in [6, 6.07) is 8.13. The molecule has 1 aromatic rings. The van der Waals surface area contributed by atoms with Gasteiger partial charge in [-0.3, -0.25) is 0 Å². The van der Waals surface area contributed by atoms with Gasteiger partial charge >= 0.3 is 0 Å². The van der Waals surface area contributed by atoms with Crippen molar-refractivity contribution in [2.75, 3.05) is 5.32 Å².